The van der Waals surface area contributed by atoms with Crippen molar-refractivity contribution in [2.75, 3.05) is 27.7 Å². The first-order valence-electron chi connectivity index (χ1n) is 7.11. The number of benzene rings is 1. The van der Waals surface area contributed by atoms with E-state index < -0.39 is 0 Å². The highest BCUT2D eigenvalue weighted by molar-refractivity contribution is 14.0. The Morgan fingerprint density at radius 2 is 1.80 bits per heavy atom. The summed E-state index contributed by atoms with van der Waals surface area (Å²) in [4.78, 5) is 6.34. The minimum Gasteiger partial charge on any atom is -0.355 e. The molecule has 0 heterocycles. The molecule has 1 saturated carbocycles. The maximum absolute atomic E-state index is 4.30. The first-order chi connectivity index (χ1) is 9.18. The molecule has 1 aromatic carbocycles. The molecule has 0 radical (unpaired) electrons. The summed E-state index contributed by atoms with van der Waals surface area (Å²) in [7, 11) is 5.89. The summed E-state index contributed by atoms with van der Waals surface area (Å²) in [5, 5.41) is 3.53. The van der Waals surface area contributed by atoms with Gasteiger partial charge >= 0.3 is 0 Å². The predicted molar refractivity (Wildman–Crippen MR) is 97.1 cm³/mol. The molecule has 0 amide bonds. The number of guanidine groups is 1. The zero-order valence-electron chi connectivity index (χ0n) is 12.7. The van der Waals surface area contributed by atoms with E-state index in [9.17, 15) is 0 Å². The molecule has 112 valence electrons. The molecule has 0 aromatic heterocycles. The van der Waals surface area contributed by atoms with Crippen LogP contribution in [0.25, 0.3) is 0 Å². The van der Waals surface area contributed by atoms with Crippen LogP contribution in [0.15, 0.2) is 35.3 Å². The van der Waals surface area contributed by atoms with E-state index in [2.05, 4.69) is 40.6 Å². The first-order valence-corrected chi connectivity index (χ1v) is 7.11. The van der Waals surface area contributed by atoms with E-state index in [1.165, 1.54) is 31.2 Å². The summed E-state index contributed by atoms with van der Waals surface area (Å²) >= 11 is 0. The Kier molecular flexibility index (Phi) is 6.79. The van der Waals surface area contributed by atoms with Crippen LogP contribution in [0, 0.1) is 0 Å². The molecule has 1 fully saturated rings. The van der Waals surface area contributed by atoms with Crippen molar-refractivity contribution < 1.29 is 0 Å². The normalized spacial score (nSPS) is 17.4. The van der Waals surface area contributed by atoms with Crippen LogP contribution in [0.3, 0.4) is 0 Å². The molecule has 0 unspecified atom stereocenters. The van der Waals surface area contributed by atoms with Crippen molar-refractivity contribution in [3.63, 3.8) is 0 Å². The van der Waals surface area contributed by atoms with Crippen LogP contribution in [0.4, 0.5) is 0 Å². The average molecular weight is 387 g/mol. The standard InChI is InChI=1S/C16H25N3.HI/c1-17-15(19(2)3)18-13-16(11-7-8-12-16)14-9-5-4-6-10-14;/h4-6,9-10H,7-8,11-13H2,1-3H3,(H,17,18);1H. The lowest BCUT2D eigenvalue weighted by Gasteiger charge is -2.31. The molecule has 2 rings (SSSR count). The molecule has 1 N–H and O–H groups in total. The van der Waals surface area contributed by atoms with Gasteiger partial charge in [-0.2, -0.15) is 0 Å². The van der Waals surface area contributed by atoms with Crippen LogP contribution >= 0.6 is 24.0 Å². The van der Waals surface area contributed by atoms with Crippen LogP contribution < -0.4 is 5.32 Å². The minimum absolute atomic E-state index is 0. The van der Waals surface area contributed by atoms with Gasteiger partial charge in [-0.25, -0.2) is 0 Å². The highest BCUT2D eigenvalue weighted by Crippen LogP contribution is 2.40. The second-order valence-corrected chi connectivity index (χ2v) is 5.65. The molecule has 1 aliphatic carbocycles. The van der Waals surface area contributed by atoms with E-state index in [-0.39, 0.29) is 29.4 Å². The summed E-state index contributed by atoms with van der Waals surface area (Å²) in [5.74, 6) is 0.960. The van der Waals surface area contributed by atoms with Gasteiger partial charge in [0, 0.05) is 33.1 Å². The summed E-state index contributed by atoms with van der Waals surface area (Å²) in [6.45, 7) is 0.974. The molecule has 1 aliphatic rings. The Hall–Kier alpha value is -0.780. The topological polar surface area (TPSA) is 27.6 Å². The lowest BCUT2D eigenvalue weighted by molar-refractivity contribution is 0.423. The Bertz CT molecular complexity index is 423. The van der Waals surface area contributed by atoms with E-state index in [0.717, 1.165) is 12.5 Å². The predicted octanol–water partition coefficient (Wildman–Crippen LogP) is 3.25. The van der Waals surface area contributed by atoms with Gasteiger partial charge in [-0.15, -0.1) is 24.0 Å². The van der Waals surface area contributed by atoms with E-state index in [1.54, 1.807) is 0 Å². The summed E-state index contributed by atoms with van der Waals surface area (Å²) in [5.41, 5.74) is 1.75. The van der Waals surface area contributed by atoms with Crippen molar-refractivity contribution in [3.05, 3.63) is 35.9 Å². The van der Waals surface area contributed by atoms with E-state index >= 15 is 0 Å². The van der Waals surface area contributed by atoms with E-state index in [4.69, 9.17) is 0 Å². The molecule has 0 aliphatic heterocycles. The number of aliphatic imine (C=N–C) groups is 1. The Balaban J connectivity index is 0.00000200. The van der Waals surface area contributed by atoms with Crippen LogP contribution in [-0.2, 0) is 5.41 Å². The monoisotopic (exact) mass is 387 g/mol. The highest BCUT2D eigenvalue weighted by Gasteiger charge is 2.35. The number of halogens is 1. The summed E-state index contributed by atoms with van der Waals surface area (Å²) in [6, 6.07) is 10.9. The second-order valence-electron chi connectivity index (χ2n) is 5.65. The molecule has 0 spiro atoms. The smallest absolute Gasteiger partial charge is 0.193 e. The van der Waals surface area contributed by atoms with Crippen LogP contribution in [0.5, 0.6) is 0 Å². The van der Waals surface area contributed by atoms with Gasteiger partial charge in [0.25, 0.3) is 0 Å². The lowest BCUT2D eigenvalue weighted by atomic mass is 9.79. The SMILES string of the molecule is CN=C(NCC1(c2ccccc2)CCCC1)N(C)C.I. The van der Waals surface area contributed by atoms with Gasteiger partial charge in [0.05, 0.1) is 0 Å². The molecular formula is C16H26IN3. The third-order valence-corrected chi connectivity index (χ3v) is 4.17. The fourth-order valence-corrected chi connectivity index (χ4v) is 3.10. The fraction of sp³-hybridized carbons (Fsp3) is 0.562. The van der Waals surface area contributed by atoms with Crippen LogP contribution in [0.2, 0.25) is 0 Å². The third kappa shape index (κ3) is 3.87. The Morgan fingerprint density at radius 1 is 1.20 bits per heavy atom. The Labute approximate surface area is 139 Å². The number of hydrogen-bond acceptors (Lipinski definition) is 1. The van der Waals surface area contributed by atoms with Crippen molar-refractivity contribution >= 4 is 29.9 Å². The van der Waals surface area contributed by atoms with Crippen molar-refractivity contribution in [1.29, 1.82) is 0 Å². The van der Waals surface area contributed by atoms with Crippen LogP contribution in [-0.4, -0.2) is 38.5 Å². The molecule has 4 heteroatoms. The average Bonchev–Trinajstić information content (AvgIpc) is 2.90. The Morgan fingerprint density at radius 3 is 2.30 bits per heavy atom. The number of hydrogen-bond donors (Lipinski definition) is 1. The van der Waals surface area contributed by atoms with Gasteiger partial charge in [0.2, 0.25) is 0 Å². The molecule has 1 aromatic rings. The third-order valence-electron chi connectivity index (χ3n) is 4.17. The van der Waals surface area contributed by atoms with Gasteiger partial charge in [-0.3, -0.25) is 4.99 Å². The quantitative estimate of drug-likeness (QED) is 0.490. The summed E-state index contributed by atoms with van der Waals surface area (Å²) < 4.78 is 0. The van der Waals surface area contributed by atoms with Crippen molar-refractivity contribution in [2.45, 2.75) is 31.1 Å². The first kappa shape index (κ1) is 17.3. The van der Waals surface area contributed by atoms with Crippen molar-refractivity contribution in [2.24, 2.45) is 4.99 Å². The second kappa shape index (κ2) is 7.86. The van der Waals surface area contributed by atoms with Gasteiger partial charge in [-0.05, 0) is 18.4 Å². The maximum Gasteiger partial charge on any atom is 0.193 e. The van der Waals surface area contributed by atoms with Crippen LogP contribution in [0.1, 0.15) is 31.2 Å². The molecule has 0 saturated heterocycles. The molecule has 20 heavy (non-hydrogen) atoms. The zero-order chi connectivity index (χ0) is 13.7. The number of rotatable bonds is 3. The lowest BCUT2D eigenvalue weighted by Crippen LogP contribution is -2.44. The van der Waals surface area contributed by atoms with Crippen molar-refractivity contribution in [1.82, 2.24) is 10.2 Å². The number of nitrogens with one attached hydrogen (secondary N) is 1. The van der Waals surface area contributed by atoms with Gasteiger partial charge < -0.3 is 10.2 Å². The molecule has 3 nitrogen and oxygen atoms in total. The minimum atomic E-state index is 0. The largest absolute Gasteiger partial charge is 0.355 e. The molecule has 0 bridgehead atoms. The molecular weight excluding hydrogens is 361 g/mol. The van der Waals surface area contributed by atoms with Gasteiger partial charge in [0.15, 0.2) is 5.96 Å². The highest BCUT2D eigenvalue weighted by atomic mass is 127. The van der Waals surface area contributed by atoms with E-state index in [0.29, 0.717) is 0 Å². The van der Waals surface area contributed by atoms with Crippen molar-refractivity contribution in [3.8, 4) is 0 Å². The van der Waals surface area contributed by atoms with Gasteiger partial charge in [0.1, 0.15) is 0 Å². The molecule has 0 atom stereocenters. The number of nitrogens with zero attached hydrogens (tertiary/aromatic N) is 2. The zero-order valence-corrected chi connectivity index (χ0v) is 15.1. The van der Waals surface area contributed by atoms with E-state index in [1.807, 2.05) is 26.0 Å². The van der Waals surface area contributed by atoms with Gasteiger partial charge in [-0.1, -0.05) is 43.2 Å². The fourth-order valence-electron chi connectivity index (χ4n) is 3.10. The maximum atomic E-state index is 4.30. The summed E-state index contributed by atoms with van der Waals surface area (Å²) in [6.07, 6.45) is 5.21.